The van der Waals surface area contributed by atoms with Gasteiger partial charge in [-0.25, -0.2) is 13.1 Å². The molecule has 0 atom stereocenters. The average molecular weight is 325 g/mol. The van der Waals surface area contributed by atoms with Crippen molar-refractivity contribution in [1.29, 1.82) is 0 Å². The van der Waals surface area contributed by atoms with E-state index < -0.39 is 10.0 Å². The third-order valence-electron chi connectivity index (χ3n) is 2.68. The van der Waals surface area contributed by atoms with E-state index in [0.29, 0.717) is 5.00 Å². The number of carbonyl (C=O) groups is 1. The number of amides is 1. The number of sulfonamides is 1. The first-order valence-electron chi connectivity index (χ1n) is 6.24. The molecule has 21 heavy (non-hydrogen) atoms. The Balaban J connectivity index is 1.84. The first-order valence-corrected chi connectivity index (χ1v) is 8.50. The van der Waals surface area contributed by atoms with Crippen LogP contribution in [0.3, 0.4) is 0 Å². The smallest absolute Gasteiger partial charge is 0.240 e. The molecule has 2 rings (SSSR count). The highest BCUT2D eigenvalue weighted by molar-refractivity contribution is 7.89. The molecule has 0 aliphatic rings. The number of hydrogen-bond acceptors (Lipinski definition) is 5. The van der Waals surface area contributed by atoms with Gasteiger partial charge in [-0.15, -0.1) is 0 Å². The Hall–Kier alpha value is -1.77. The number of carbonyl (C=O) groups excluding carboxylic acids is 1. The molecule has 0 radical (unpaired) electrons. The molecule has 0 unspecified atom stereocenters. The van der Waals surface area contributed by atoms with E-state index in [1.54, 1.807) is 24.4 Å². The maximum Gasteiger partial charge on any atom is 0.240 e. The third kappa shape index (κ3) is 4.62. The number of nitrogens with one attached hydrogen (secondary N) is 2. The summed E-state index contributed by atoms with van der Waals surface area (Å²) in [5.74, 6) is -0.258. The fourth-order valence-electron chi connectivity index (χ4n) is 1.58. The lowest BCUT2D eigenvalue weighted by Crippen LogP contribution is -2.27. The minimum Gasteiger partial charge on any atom is -0.316 e. The summed E-state index contributed by atoms with van der Waals surface area (Å²) in [6.07, 6.45) is 1.64. The fraction of sp³-hybridized carbons (Fsp3) is 0.231. The number of aryl methyl sites for hydroxylation is 1. The Morgan fingerprint density at radius 1 is 1.24 bits per heavy atom. The summed E-state index contributed by atoms with van der Waals surface area (Å²) in [7, 11) is -3.57. The Morgan fingerprint density at radius 2 is 1.95 bits per heavy atom. The summed E-state index contributed by atoms with van der Waals surface area (Å²) in [4.78, 5) is 11.8. The number of anilines is 1. The van der Waals surface area contributed by atoms with Gasteiger partial charge in [-0.3, -0.25) is 4.79 Å². The van der Waals surface area contributed by atoms with Gasteiger partial charge in [0.15, 0.2) is 0 Å². The molecule has 2 N–H and O–H groups in total. The van der Waals surface area contributed by atoms with E-state index in [1.165, 1.54) is 23.7 Å². The van der Waals surface area contributed by atoms with Crippen molar-refractivity contribution in [2.24, 2.45) is 0 Å². The zero-order chi connectivity index (χ0) is 15.3. The predicted molar refractivity (Wildman–Crippen MR) is 81.7 cm³/mol. The van der Waals surface area contributed by atoms with E-state index in [4.69, 9.17) is 0 Å². The Morgan fingerprint density at radius 3 is 2.57 bits per heavy atom. The maximum absolute atomic E-state index is 12.0. The van der Waals surface area contributed by atoms with E-state index in [0.717, 1.165) is 5.56 Å². The van der Waals surface area contributed by atoms with Gasteiger partial charge in [0, 0.05) is 19.2 Å². The van der Waals surface area contributed by atoms with Crippen molar-refractivity contribution >= 4 is 32.5 Å². The Labute approximate surface area is 127 Å². The van der Waals surface area contributed by atoms with Crippen LogP contribution in [0.4, 0.5) is 5.00 Å². The van der Waals surface area contributed by atoms with Gasteiger partial charge in [-0.05, 0) is 36.7 Å². The van der Waals surface area contributed by atoms with Crippen LogP contribution in [0.15, 0.2) is 41.4 Å². The molecule has 1 aromatic heterocycles. The fourth-order valence-corrected chi connectivity index (χ4v) is 3.13. The molecule has 1 aromatic carbocycles. The van der Waals surface area contributed by atoms with Crippen LogP contribution in [0.25, 0.3) is 0 Å². The molecule has 0 aliphatic heterocycles. The highest BCUT2D eigenvalue weighted by Gasteiger charge is 2.13. The predicted octanol–water partition coefficient (Wildman–Crippen LogP) is 1.76. The van der Waals surface area contributed by atoms with Gasteiger partial charge >= 0.3 is 0 Å². The van der Waals surface area contributed by atoms with Crippen LogP contribution in [0.5, 0.6) is 0 Å². The molecule has 1 heterocycles. The van der Waals surface area contributed by atoms with E-state index in [9.17, 15) is 13.2 Å². The molecule has 0 fully saturated rings. The standard InChI is InChI=1S/C13H15N3O3S2/c1-10-2-4-11(5-3-10)21(18,19)15-9-6-12(17)16-13-7-8-14-20-13/h2-5,7-8,15H,6,9H2,1H3,(H,16,17). The molecular weight excluding hydrogens is 310 g/mol. The molecule has 0 aliphatic carbocycles. The number of benzene rings is 1. The number of nitrogens with zero attached hydrogens (tertiary/aromatic N) is 1. The van der Waals surface area contributed by atoms with Gasteiger partial charge in [0.2, 0.25) is 15.9 Å². The van der Waals surface area contributed by atoms with E-state index in [2.05, 4.69) is 14.4 Å². The normalized spacial score (nSPS) is 11.3. The highest BCUT2D eigenvalue weighted by atomic mass is 32.2. The van der Waals surface area contributed by atoms with Crippen LogP contribution in [0.1, 0.15) is 12.0 Å². The summed E-state index contributed by atoms with van der Waals surface area (Å²) < 4.78 is 30.2. The molecule has 0 saturated heterocycles. The lowest BCUT2D eigenvalue weighted by Gasteiger charge is -2.07. The van der Waals surface area contributed by atoms with Crippen LogP contribution >= 0.6 is 11.5 Å². The zero-order valence-electron chi connectivity index (χ0n) is 11.4. The van der Waals surface area contributed by atoms with Crippen molar-refractivity contribution in [3.8, 4) is 0 Å². The maximum atomic E-state index is 12.0. The minimum absolute atomic E-state index is 0.0425. The molecule has 0 saturated carbocycles. The minimum atomic E-state index is -3.57. The van der Waals surface area contributed by atoms with Gasteiger partial charge in [-0.2, -0.15) is 4.37 Å². The number of rotatable bonds is 6. The number of hydrogen-bond donors (Lipinski definition) is 2. The van der Waals surface area contributed by atoms with Gasteiger partial charge in [-0.1, -0.05) is 17.7 Å². The molecule has 112 valence electrons. The summed E-state index contributed by atoms with van der Waals surface area (Å²) >= 11 is 1.17. The highest BCUT2D eigenvalue weighted by Crippen LogP contribution is 2.12. The first-order chi connectivity index (χ1) is 9.97. The quantitative estimate of drug-likeness (QED) is 0.847. The average Bonchev–Trinajstić information content (AvgIpc) is 2.91. The Bertz CT molecular complexity index is 695. The second-order valence-corrected chi connectivity index (χ2v) is 6.99. The molecule has 1 amide bonds. The second kappa shape index (κ2) is 6.79. The molecule has 2 aromatic rings. The van der Waals surface area contributed by atoms with Crippen LogP contribution in [-0.4, -0.2) is 25.2 Å². The molecular formula is C13H15N3O3S2. The molecule has 8 heteroatoms. The van der Waals surface area contributed by atoms with Crippen molar-refractivity contribution in [1.82, 2.24) is 9.10 Å². The summed E-state index contributed by atoms with van der Waals surface area (Å²) in [5, 5.41) is 3.28. The van der Waals surface area contributed by atoms with Crippen molar-refractivity contribution in [3.05, 3.63) is 42.1 Å². The summed E-state index contributed by atoms with van der Waals surface area (Å²) in [6.45, 7) is 1.93. The SMILES string of the molecule is Cc1ccc(S(=O)(=O)NCCC(=O)Nc2ccns2)cc1. The topological polar surface area (TPSA) is 88.2 Å². The zero-order valence-corrected chi connectivity index (χ0v) is 13.0. The summed E-state index contributed by atoms with van der Waals surface area (Å²) in [5.41, 5.74) is 0.984. The molecule has 0 spiro atoms. The van der Waals surface area contributed by atoms with Crippen molar-refractivity contribution in [2.45, 2.75) is 18.2 Å². The van der Waals surface area contributed by atoms with Gasteiger partial charge in [0.25, 0.3) is 0 Å². The van der Waals surface area contributed by atoms with Gasteiger partial charge < -0.3 is 5.32 Å². The molecule has 0 bridgehead atoms. The van der Waals surface area contributed by atoms with Crippen LogP contribution in [0, 0.1) is 6.92 Å². The largest absolute Gasteiger partial charge is 0.316 e. The summed E-state index contributed by atoms with van der Waals surface area (Å²) in [6, 6.07) is 8.21. The van der Waals surface area contributed by atoms with Crippen molar-refractivity contribution < 1.29 is 13.2 Å². The third-order valence-corrected chi connectivity index (χ3v) is 4.81. The second-order valence-electron chi connectivity index (χ2n) is 4.39. The van der Waals surface area contributed by atoms with Crippen LogP contribution in [-0.2, 0) is 14.8 Å². The van der Waals surface area contributed by atoms with Crippen molar-refractivity contribution in [2.75, 3.05) is 11.9 Å². The lowest BCUT2D eigenvalue weighted by atomic mass is 10.2. The molecule has 6 nitrogen and oxygen atoms in total. The monoisotopic (exact) mass is 325 g/mol. The van der Waals surface area contributed by atoms with E-state index >= 15 is 0 Å². The van der Waals surface area contributed by atoms with Gasteiger partial charge in [0.05, 0.1) is 4.90 Å². The van der Waals surface area contributed by atoms with Crippen LogP contribution in [0.2, 0.25) is 0 Å². The van der Waals surface area contributed by atoms with Crippen LogP contribution < -0.4 is 10.0 Å². The first kappa shape index (κ1) is 15.6. The van der Waals surface area contributed by atoms with Crippen molar-refractivity contribution in [3.63, 3.8) is 0 Å². The van der Waals surface area contributed by atoms with Gasteiger partial charge in [0.1, 0.15) is 5.00 Å². The number of aromatic nitrogens is 1. The van der Waals surface area contributed by atoms with E-state index in [-0.39, 0.29) is 23.8 Å². The Kier molecular flexibility index (Phi) is 5.05. The van der Waals surface area contributed by atoms with E-state index in [1.807, 2.05) is 6.92 Å². The lowest BCUT2D eigenvalue weighted by molar-refractivity contribution is -0.116.